The third kappa shape index (κ3) is 5.90. The molecular formula is C9H17NO. The van der Waals surface area contributed by atoms with Crippen LogP contribution >= 0.6 is 0 Å². The van der Waals surface area contributed by atoms with E-state index in [1.165, 1.54) is 0 Å². The number of hydrogen-bond acceptors (Lipinski definition) is 2. The summed E-state index contributed by atoms with van der Waals surface area (Å²) < 4.78 is 0. The van der Waals surface area contributed by atoms with E-state index >= 15 is 0 Å². The third-order valence-electron chi connectivity index (χ3n) is 1.64. The van der Waals surface area contributed by atoms with Crippen LogP contribution in [0.2, 0.25) is 0 Å². The van der Waals surface area contributed by atoms with Crippen LogP contribution in [0.25, 0.3) is 0 Å². The predicted molar refractivity (Wildman–Crippen MR) is 47.2 cm³/mol. The zero-order chi connectivity index (χ0) is 8.69. The van der Waals surface area contributed by atoms with Crippen molar-refractivity contribution in [3.63, 3.8) is 0 Å². The molecule has 2 heteroatoms. The molecule has 0 amide bonds. The average molecular weight is 155 g/mol. The molecule has 0 heterocycles. The molecule has 0 saturated heterocycles. The van der Waals surface area contributed by atoms with E-state index < -0.39 is 0 Å². The number of aliphatic hydroxyl groups is 1. The Morgan fingerprint density at radius 3 is 2.64 bits per heavy atom. The number of terminal acetylenes is 1. The number of aliphatic hydroxyl groups excluding tert-OH is 1. The van der Waals surface area contributed by atoms with Crippen molar-refractivity contribution in [2.24, 2.45) is 5.92 Å². The minimum absolute atomic E-state index is 0.135. The Bertz CT molecular complexity index is 128. The van der Waals surface area contributed by atoms with Gasteiger partial charge in [-0.25, -0.2) is 0 Å². The minimum atomic E-state index is 0.135. The lowest BCUT2D eigenvalue weighted by Gasteiger charge is -2.12. The van der Waals surface area contributed by atoms with Gasteiger partial charge in [-0.2, -0.15) is 0 Å². The first-order valence-corrected chi connectivity index (χ1v) is 4.01. The molecule has 0 bridgehead atoms. The summed E-state index contributed by atoms with van der Waals surface area (Å²) in [5.74, 6) is 3.08. The zero-order valence-corrected chi connectivity index (χ0v) is 7.30. The second kappa shape index (κ2) is 6.21. The van der Waals surface area contributed by atoms with Crippen molar-refractivity contribution >= 4 is 0 Å². The van der Waals surface area contributed by atoms with Crippen molar-refractivity contribution in [2.45, 2.75) is 26.3 Å². The van der Waals surface area contributed by atoms with Crippen molar-refractivity contribution < 1.29 is 5.11 Å². The molecule has 11 heavy (non-hydrogen) atoms. The fourth-order valence-electron chi connectivity index (χ4n) is 0.759. The maximum absolute atomic E-state index is 8.59. The Morgan fingerprint density at radius 2 is 2.18 bits per heavy atom. The van der Waals surface area contributed by atoms with Gasteiger partial charge >= 0.3 is 0 Å². The van der Waals surface area contributed by atoms with Gasteiger partial charge < -0.3 is 10.4 Å². The van der Waals surface area contributed by atoms with Crippen LogP contribution in [0.3, 0.4) is 0 Å². The second-order valence-electron chi connectivity index (χ2n) is 2.91. The van der Waals surface area contributed by atoms with Gasteiger partial charge in [0.2, 0.25) is 0 Å². The van der Waals surface area contributed by atoms with Gasteiger partial charge in [-0.3, -0.25) is 0 Å². The van der Waals surface area contributed by atoms with Gasteiger partial charge in [0.25, 0.3) is 0 Å². The molecule has 0 aliphatic carbocycles. The van der Waals surface area contributed by atoms with E-state index in [1.807, 2.05) is 6.92 Å². The van der Waals surface area contributed by atoms with E-state index in [0.29, 0.717) is 5.92 Å². The fraction of sp³-hybridized carbons (Fsp3) is 0.778. The van der Waals surface area contributed by atoms with Crippen LogP contribution in [-0.4, -0.2) is 24.3 Å². The fourth-order valence-corrected chi connectivity index (χ4v) is 0.759. The van der Waals surface area contributed by atoms with Crippen molar-refractivity contribution in [3.8, 4) is 12.3 Å². The number of nitrogens with one attached hydrogen (secondary N) is 1. The molecule has 2 N–H and O–H groups in total. The van der Waals surface area contributed by atoms with Crippen LogP contribution in [0.1, 0.15) is 20.3 Å². The molecular weight excluding hydrogens is 138 g/mol. The van der Waals surface area contributed by atoms with Crippen LogP contribution in [0.4, 0.5) is 0 Å². The Morgan fingerprint density at radius 1 is 1.55 bits per heavy atom. The molecule has 0 aromatic carbocycles. The molecule has 0 saturated carbocycles. The highest BCUT2D eigenvalue weighted by Gasteiger charge is 2.01. The predicted octanol–water partition coefficient (Wildman–Crippen LogP) is 0.616. The SMILES string of the molecule is C#CC(C)NCC(C)CCO. The van der Waals surface area contributed by atoms with E-state index in [4.69, 9.17) is 11.5 Å². The van der Waals surface area contributed by atoms with Gasteiger partial charge in [0.15, 0.2) is 0 Å². The Balaban J connectivity index is 3.31. The topological polar surface area (TPSA) is 32.3 Å². The molecule has 0 fully saturated rings. The van der Waals surface area contributed by atoms with Gasteiger partial charge in [-0.15, -0.1) is 6.42 Å². The summed E-state index contributed by atoms with van der Waals surface area (Å²) >= 11 is 0. The summed E-state index contributed by atoms with van der Waals surface area (Å²) in [6.07, 6.45) is 6.01. The average Bonchev–Trinajstić information content (AvgIpc) is 2.01. The molecule has 0 radical (unpaired) electrons. The third-order valence-corrected chi connectivity index (χ3v) is 1.64. The highest BCUT2D eigenvalue weighted by atomic mass is 16.3. The summed E-state index contributed by atoms with van der Waals surface area (Å²) in [5, 5.41) is 11.8. The smallest absolute Gasteiger partial charge is 0.0658 e. The van der Waals surface area contributed by atoms with Crippen LogP contribution in [0.5, 0.6) is 0 Å². The molecule has 0 aromatic rings. The molecule has 64 valence electrons. The summed E-state index contributed by atoms with van der Waals surface area (Å²) in [7, 11) is 0. The van der Waals surface area contributed by atoms with Gasteiger partial charge in [0.05, 0.1) is 6.04 Å². The normalized spacial score (nSPS) is 15.5. The van der Waals surface area contributed by atoms with Gasteiger partial charge in [0.1, 0.15) is 0 Å². The van der Waals surface area contributed by atoms with Crippen LogP contribution in [-0.2, 0) is 0 Å². The Hall–Kier alpha value is -0.520. The van der Waals surface area contributed by atoms with Gasteiger partial charge in [0, 0.05) is 6.61 Å². The lowest BCUT2D eigenvalue weighted by Crippen LogP contribution is -2.29. The van der Waals surface area contributed by atoms with E-state index in [0.717, 1.165) is 13.0 Å². The highest BCUT2D eigenvalue weighted by Crippen LogP contribution is 1.98. The highest BCUT2D eigenvalue weighted by molar-refractivity contribution is 4.95. The molecule has 0 aromatic heterocycles. The van der Waals surface area contributed by atoms with Crippen molar-refractivity contribution in [1.29, 1.82) is 0 Å². The first-order valence-electron chi connectivity index (χ1n) is 4.01. The van der Waals surface area contributed by atoms with Gasteiger partial charge in [-0.1, -0.05) is 12.8 Å². The monoisotopic (exact) mass is 155 g/mol. The van der Waals surface area contributed by atoms with Crippen LogP contribution in [0, 0.1) is 18.3 Å². The molecule has 2 atom stereocenters. The lowest BCUT2D eigenvalue weighted by atomic mass is 10.1. The Labute approximate surface area is 69.0 Å². The molecule has 0 rings (SSSR count). The second-order valence-corrected chi connectivity index (χ2v) is 2.91. The maximum atomic E-state index is 8.59. The Kier molecular flexibility index (Phi) is 5.91. The number of hydrogen-bond donors (Lipinski definition) is 2. The summed E-state index contributed by atoms with van der Waals surface area (Å²) in [5.41, 5.74) is 0. The quantitative estimate of drug-likeness (QED) is 0.570. The van der Waals surface area contributed by atoms with Crippen molar-refractivity contribution in [3.05, 3.63) is 0 Å². The van der Waals surface area contributed by atoms with E-state index in [9.17, 15) is 0 Å². The molecule has 2 nitrogen and oxygen atoms in total. The first-order chi connectivity index (χ1) is 5.20. The van der Waals surface area contributed by atoms with Crippen molar-refractivity contribution in [2.75, 3.05) is 13.2 Å². The van der Waals surface area contributed by atoms with Crippen LogP contribution in [0.15, 0.2) is 0 Å². The largest absolute Gasteiger partial charge is 0.396 e. The minimum Gasteiger partial charge on any atom is -0.396 e. The molecule has 2 unspecified atom stereocenters. The lowest BCUT2D eigenvalue weighted by molar-refractivity contribution is 0.259. The standard InChI is InChI=1S/C9H17NO/c1-4-9(3)10-7-8(2)5-6-11/h1,8-11H,5-7H2,2-3H3. The molecule has 0 spiro atoms. The van der Waals surface area contributed by atoms with Gasteiger partial charge in [-0.05, 0) is 25.8 Å². The van der Waals surface area contributed by atoms with E-state index in [2.05, 4.69) is 18.2 Å². The molecule has 0 aliphatic heterocycles. The van der Waals surface area contributed by atoms with E-state index in [-0.39, 0.29) is 12.6 Å². The summed E-state index contributed by atoms with van der Waals surface area (Å²) in [6.45, 7) is 5.18. The zero-order valence-electron chi connectivity index (χ0n) is 7.30. The van der Waals surface area contributed by atoms with Crippen LogP contribution < -0.4 is 5.32 Å². The summed E-state index contributed by atoms with van der Waals surface area (Å²) in [4.78, 5) is 0. The molecule has 0 aliphatic rings. The van der Waals surface area contributed by atoms with Crippen molar-refractivity contribution in [1.82, 2.24) is 5.32 Å². The van der Waals surface area contributed by atoms with E-state index in [1.54, 1.807) is 0 Å². The number of rotatable bonds is 5. The maximum Gasteiger partial charge on any atom is 0.0658 e. The first kappa shape index (κ1) is 10.5. The summed E-state index contributed by atoms with van der Waals surface area (Å²) in [6, 6.07) is 0.135.